The van der Waals surface area contributed by atoms with E-state index in [0.717, 1.165) is 49.2 Å². The number of aliphatic imine (C=N–C) groups is 1. The van der Waals surface area contributed by atoms with Gasteiger partial charge in [0.15, 0.2) is 5.96 Å². The molecule has 1 aromatic heterocycles. The molecule has 0 bridgehead atoms. The van der Waals surface area contributed by atoms with Crippen molar-refractivity contribution in [2.75, 3.05) is 11.9 Å². The SMILES string of the molecule is Cc1nnc2n1CC(CN=C(N)Nc1cc(F)ccc1F)CC2.I. The highest BCUT2D eigenvalue weighted by Crippen LogP contribution is 2.20. The molecule has 3 rings (SSSR count). The highest BCUT2D eigenvalue weighted by molar-refractivity contribution is 14.0. The molecule has 24 heavy (non-hydrogen) atoms. The van der Waals surface area contributed by atoms with E-state index >= 15 is 0 Å². The molecule has 3 N–H and O–H groups in total. The first-order valence-corrected chi connectivity index (χ1v) is 7.43. The number of aromatic nitrogens is 3. The molecule has 130 valence electrons. The fourth-order valence-electron chi connectivity index (χ4n) is 2.68. The zero-order valence-electron chi connectivity index (χ0n) is 13.2. The van der Waals surface area contributed by atoms with Gasteiger partial charge < -0.3 is 15.6 Å². The van der Waals surface area contributed by atoms with Crippen molar-refractivity contribution in [2.45, 2.75) is 26.3 Å². The van der Waals surface area contributed by atoms with E-state index in [2.05, 4.69) is 25.1 Å². The fourth-order valence-corrected chi connectivity index (χ4v) is 2.68. The number of aryl methyl sites for hydroxylation is 2. The summed E-state index contributed by atoms with van der Waals surface area (Å²) in [4.78, 5) is 4.24. The Bertz CT molecular complexity index is 746. The van der Waals surface area contributed by atoms with Crippen molar-refractivity contribution in [2.24, 2.45) is 16.6 Å². The number of nitrogens with one attached hydrogen (secondary N) is 1. The first-order chi connectivity index (χ1) is 11.0. The Morgan fingerprint density at radius 3 is 3.00 bits per heavy atom. The molecular weight excluding hydrogens is 429 g/mol. The predicted octanol–water partition coefficient (Wildman–Crippen LogP) is 2.47. The number of rotatable bonds is 3. The van der Waals surface area contributed by atoms with Gasteiger partial charge in [-0.15, -0.1) is 34.2 Å². The number of fused-ring (bicyclic) bond motifs is 1. The van der Waals surface area contributed by atoms with Crippen LogP contribution in [-0.4, -0.2) is 27.3 Å². The maximum absolute atomic E-state index is 13.5. The second-order valence-electron chi connectivity index (χ2n) is 5.65. The van der Waals surface area contributed by atoms with Gasteiger partial charge in [0.1, 0.15) is 23.3 Å². The van der Waals surface area contributed by atoms with Crippen molar-refractivity contribution < 1.29 is 8.78 Å². The number of nitrogens with zero attached hydrogens (tertiary/aromatic N) is 4. The fraction of sp³-hybridized carbons (Fsp3) is 0.400. The van der Waals surface area contributed by atoms with E-state index < -0.39 is 11.6 Å². The van der Waals surface area contributed by atoms with E-state index in [1.165, 1.54) is 0 Å². The third-order valence-electron chi connectivity index (χ3n) is 3.94. The molecule has 1 aliphatic heterocycles. The normalized spacial score (nSPS) is 17.1. The van der Waals surface area contributed by atoms with Crippen molar-refractivity contribution in [1.82, 2.24) is 14.8 Å². The number of halogens is 3. The van der Waals surface area contributed by atoms with Gasteiger partial charge in [-0.25, -0.2) is 8.78 Å². The number of guanidine groups is 1. The van der Waals surface area contributed by atoms with Crippen LogP contribution in [0.1, 0.15) is 18.1 Å². The quantitative estimate of drug-likeness (QED) is 0.430. The average Bonchev–Trinajstić information content (AvgIpc) is 2.90. The highest BCUT2D eigenvalue weighted by atomic mass is 127. The summed E-state index contributed by atoms with van der Waals surface area (Å²) in [5.41, 5.74) is 5.74. The molecule has 0 fully saturated rings. The molecule has 1 aromatic carbocycles. The number of anilines is 1. The summed E-state index contributed by atoms with van der Waals surface area (Å²) in [6.45, 7) is 3.22. The predicted molar refractivity (Wildman–Crippen MR) is 98.5 cm³/mol. The van der Waals surface area contributed by atoms with Gasteiger partial charge in [0, 0.05) is 25.6 Å². The van der Waals surface area contributed by atoms with Gasteiger partial charge in [0.25, 0.3) is 0 Å². The molecular formula is C15H19F2IN6. The minimum absolute atomic E-state index is 0. The second-order valence-corrected chi connectivity index (χ2v) is 5.65. The Morgan fingerprint density at radius 2 is 2.21 bits per heavy atom. The lowest BCUT2D eigenvalue weighted by Gasteiger charge is -2.22. The van der Waals surface area contributed by atoms with E-state index in [0.29, 0.717) is 12.5 Å². The Kier molecular flexibility index (Phi) is 6.08. The van der Waals surface area contributed by atoms with E-state index in [1.54, 1.807) is 0 Å². The van der Waals surface area contributed by atoms with Crippen molar-refractivity contribution in [3.8, 4) is 0 Å². The molecule has 1 unspecified atom stereocenters. The van der Waals surface area contributed by atoms with Crippen molar-refractivity contribution in [3.05, 3.63) is 41.5 Å². The maximum Gasteiger partial charge on any atom is 0.193 e. The molecule has 1 atom stereocenters. The van der Waals surface area contributed by atoms with Gasteiger partial charge in [0.05, 0.1) is 5.69 Å². The Hall–Kier alpha value is -1.78. The first kappa shape index (κ1) is 18.6. The smallest absolute Gasteiger partial charge is 0.193 e. The van der Waals surface area contributed by atoms with Crippen molar-refractivity contribution in [3.63, 3.8) is 0 Å². The van der Waals surface area contributed by atoms with Gasteiger partial charge >= 0.3 is 0 Å². The number of benzene rings is 1. The average molecular weight is 448 g/mol. The van der Waals surface area contributed by atoms with E-state index in [-0.39, 0.29) is 35.6 Å². The molecule has 0 aliphatic carbocycles. The second kappa shape index (κ2) is 7.86. The van der Waals surface area contributed by atoms with Crippen LogP contribution in [0.25, 0.3) is 0 Å². The van der Waals surface area contributed by atoms with Crippen LogP contribution >= 0.6 is 24.0 Å². The zero-order chi connectivity index (χ0) is 16.4. The maximum atomic E-state index is 13.5. The largest absolute Gasteiger partial charge is 0.370 e. The molecule has 1 aliphatic rings. The monoisotopic (exact) mass is 448 g/mol. The lowest BCUT2D eigenvalue weighted by atomic mass is 9.99. The summed E-state index contributed by atoms with van der Waals surface area (Å²) in [6.07, 6.45) is 1.80. The lowest BCUT2D eigenvalue weighted by molar-refractivity contribution is 0.370. The molecule has 0 amide bonds. The van der Waals surface area contributed by atoms with E-state index in [1.807, 2.05) is 6.92 Å². The Morgan fingerprint density at radius 1 is 1.42 bits per heavy atom. The summed E-state index contributed by atoms with van der Waals surface area (Å²) in [5.74, 6) is 1.16. The van der Waals surface area contributed by atoms with Crippen LogP contribution in [0.4, 0.5) is 14.5 Å². The van der Waals surface area contributed by atoms with Crippen LogP contribution < -0.4 is 11.1 Å². The van der Waals surface area contributed by atoms with E-state index in [9.17, 15) is 8.78 Å². The van der Waals surface area contributed by atoms with Crippen LogP contribution in [0.5, 0.6) is 0 Å². The molecule has 6 nitrogen and oxygen atoms in total. The number of hydrogen-bond acceptors (Lipinski definition) is 3. The first-order valence-electron chi connectivity index (χ1n) is 7.43. The standard InChI is InChI=1S/C15H18F2N6.HI/c1-9-21-22-14-5-2-10(8-23(9)14)7-19-15(18)20-13-6-11(16)3-4-12(13)17;/h3-4,6,10H,2,5,7-8H2,1H3,(H3,18,19,20);1H. The van der Waals surface area contributed by atoms with Gasteiger partial charge in [-0.2, -0.15) is 0 Å². The molecule has 2 aromatic rings. The van der Waals surface area contributed by atoms with Gasteiger partial charge in [0.2, 0.25) is 0 Å². The molecule has 0 spiro atoms. The highest BCUT2D eigenvalue weighted by Gasteiger charge is 2.21. The Balaban J connectivity index is 0.00000208. The van der Waals surface area contributed by atoms with Gasteiger partial charge in [-0.05, 0) is 31.4 Å². The number of nitrogens with two attached hydrogens (primary N) is 1. The third-order valence-corrected chi connectivity index (χ3v) is 3.94. The summed E-state index contributed by atoms with van der Waals surface area (Å²) in [5, 5.41) is 10.8. The van der Waals surface area contributed by atoms with Crippen LogP contribution in [0, 0.1) is 24.5 Å². The third kappa shape index (κ3) is 4.19. The minimum Gasteiger partial charge on any atom is -0.370 e. The van der Waals surface area contributed by atoms with Crippen LogP contribution in [-0.2, 0) is 13.0 Å². The molecule has 0 saturated heterocycles. The van der Waals surface area contributed by atoms with Crippen LogP contribution in [0.3, 0.4) is 0 Å². The Labute approximate surface area is 155 Å². The van der Waals surface area contributed by atoms with Crippen molar-refractivity contribution in [1.29, 1.82) is 0 Å². The van der Waals surface area contributed by atoms with Gasteiger partial charge in [-0.3, -0.25) is 4.99 Å². The molecule has 9 heteroatoms. The topological polar surface area (TPSA) is 81.1 Å². The molecule has 2 heterocycles. The summed E-state index contributed by atoms with van der Waals surface area (Å²) in [7, 11) is 0. The minimum atomic E-state index is -0.577. The zero-order valence-corrected chi connectivity index (χ0v) is 15.5. The molecule has 0 saturated carbocycles. The summed E-state index contributed by atoms with van der Waals surface area (Å²) >= 11 is 0. The van der Waals surface area contributed by atoms with Crippen molar-refractivity contribution >= 4 is 35.6 Å². The van der Waals surface area contributed by atoms with Crippen LogP contribution in [0.15, 0.2) is 23.2 Å². The molecule has 0 radical (unpaired) electrons. The summed E-state index contributed by atoms with van der Waals surface area (Å²) < 4.78 is 28.7. The van der Waals surface area contributed by atoms with E-state index in [4.69, 9.17) is 5.73 Å². The van der Waals surface area contributed by atoms with Gasteiger partial charge in [-0.1, -0.05) is 0 Å². The lowest BCUT2D eigenvalue weighted by Crippen LogP contribution is -2.27. The van der Waals surface area contributed by atoms with Crippen LogP contribution in [0.2, 0.25) is 0 Å². The number of hydrogen-bond donors (Lipinski definition) is 2. The summed E-state index contributed by atoms with van der Waals surface area (Å²) in [6, 6.07) is 3.14.